The van der Waals surface area contributed by atoms with Crippen molar-refractivity contribution in [2.75, 3.05) is 6.61 Å². The van der Waals surface area contributed by atoms with Crippen LogP contribution in [0.4, 0.5) is 0 Å². The third-order valence-electron chi connectivity index (χ3n) is 9.13. The zero-order chi connectivity index (χ0) is 21.6. The highest BCUT2D eigenvalue weighted by molar-refractivity contribution is 5.96. The molecule has 168 valence electrons. The predicted octanol–water partition coefficient (Wildman–Crippen LogP) is 4.58. The summed E-state index contributed by atoms with van der Waals surface area (Å²) in [5.41, 5.74) is 9.24. The van der Waals surface area contributed by atoms with Crippen molar-refractivity contribution in [3.63, 3.8) is 0 Å². The van der Waals surface area contributed by atoms with E-state index in [2.05, 4.69) is 30.2 Å². The highest BCUT2D eigenvalue weighted by Crippen LogP contribution is 2.64. The van der Waals surface area contributed by atoms with Crippen molar-refractivity contribution in [1.82, 2.24) is 5.16 Å². The van der Waals surface area contributed by atoms with Crippen molar-refractivity contribution in [3.05, 3.63) is 29.2 Å². The monoisotopic (exact) mass is 425 g/mol. The van der Waals surface area contributed by atoms with Gasteiger partial charge in [-0.3, -0.25) is 4.79 Å². The number of nitrogens with two attached hydrogens (primary N) is 1. The maximum Gasteiger partial charge on any atom is 0.150 e. The molecule has 0 amide bonds. The van der Waals surface area contributed by atoms with Gasteiger partial charge >= 0.3 is 0 Å². The molecule has 0 aliphatic heterocycles. The summed E-state index contributed by atoms with van der Waals surface area (Å²) in [6.45, 7) is 5.59. The molecule has 2 N–H and O–H groups in total. The van der Waals surface area contributed by atoms with E-state index in [1.54, 1.807) is 5.57 Å². The SMILES string of the molecule is C[C@]12CCC(=NOCCc3cc(CN)on3)C=C1CCC1C2CC[C@]2(C)C(=O)CCC12. The number of allylic oxidation sites excluding steroid dienone is 2. The van der Waals surface area contributed by atoms with E-state index in [-0.39, 0.29) is 10.8 Å². The second kappa shape index (κ2) is 7.88. The summed E-state index contributed by atoms with van der Waals surface area (Å²) in [7, 11) is 0. The molecule has 4 aliphatic carbocycles. The average molecular weight is 426 g/mol. The minimum atomic E-state index is -0.0391. The van der Waals surface area contributed by atoms with Gasteiger partial charge in [0.2, 0.25) is 0 Å². The largest absolute Gasteiger partial charge is 0.395 e. The number of aromatic nitrogens is 1. The number of Topliss-reactive ketones (excluding diaryl/α,β-unsaturated/α-hetero) is 1. The predicted molar refractivity (Wildman–Crippen MR) is 118 cm³/mol. The molecule has 0 spiro atoms. The number of hydrogen-bond acceptors (Lipinski definition) is 6. The van der Waals surface area contributed by atoms with E-state index in [9.17, 15) is 4.79 Å². The smallest absolute Gasteiger partial charge is 0.150 e. The molecule has 31 heavy (non-hydrogen) atoms. The van der Waals surface area contributed by atoms with Crippen molar-refractivity contribution >= 4 is 11.5 Å². The maximum absolute atomic E-state index is 12.6. The Morgan fingerprint density at radius 1 is 1.16 bits per heavy atom. The van der Waals surface area contributed by atoms with Crippen LogP contribution in [0.15, 0.2) is 27.4 Å². The zero-order valence-corrected chi connectivity index (χ0v) is 18.9. The number of carbonyl (C=O) groups excluding carboxylic acids is 1. The maximum atomic E-state index is 12.6. The van der Waals surface area contributed by atoms with E-state index < -0.39 is 0 Å². The van der Waals surface area contributed by atoms with Gasteiger partial charge in [-0.2, -0.15) is 0 Å². The lowest BCUT2D eigenvalue weighted by atomic mass is 9.47. The van der Waals surface area contributed by atoms with E-state index in [4.69, 9.17) is 15.1 Å². The fourth-order valence-corrected chi connectivity index (χ4v) is 7.26. The lowest BCUT2D eigenvalue weighted by molar-refractivity contribution is -0.132. The Kier molecular flexibility index (Phi) is 5.32. The molecule has 1 heterocycles. The van der Waals surface area contributed by atoms with Crippen LogP contribution in [0.3, 0.4) is 0 Å². The minimum absolute atomic E-state index is 0.0391. The molecule has 6 nitrogen and oxygen atoms in total. The first-order valence-corrected chi connectivity index (χ1v) is 12.0. The van der Waals surface area contributed by atoms with Gasteiger partial charge in [0.15, 0.2) is 5.76 Å². The number of rotatable bonds is 5. The lowest BCUT2D eigenvalue weighted by Crippen LogP contribution is -2.50. The average Bonchev–Trinajstić information content (AvgIpc) is 3.35. The van der Waals surface area contributed by atoms with Crippen molar-refractivity contribution in [2.45, 2.75) is 78.2 Å². The third-order valence-corrected chi connectivity index (χ3v) is 9.13. The van der Waals surface area contributed by atoms with Crippen LogP contribution in [0.2, 0.25) is 0 Å². The molecule has 3 unspecified atom stereocenters. The molecule has 0 aromatic carbocycles. The highest BCUT2D eigenvalue weighted by Gasteiger charge is 2.58. The fourth-order valence-electron chi connectivity index (χ4n) is 7.26. The summed E-state index contributed by atoms with van der Waals surface area (Å²) >= 11 is 0. The Morgan fingerprint density at radius 2 is 2.00 bits per heavy atom. The van der Waals surface area contributed by atoms with Gasteiger partial charge in [0, 0.05) is 24.3 Å². The summed E-state index contributed by atoms with van der Waals surface area (Å²) < 4.78 is 5.12. The molecule has 1 aromatic heterocycles. The second-order valence-electron chi connectivity index (χ2n) is 10.6. The number of fused-ring (bicyclic) bond motifs is 5. The van der Waals surface area contributed by atoms with Crippen LogP contribution < -0.4 is 5.73 Å². The molecule has 4 aliphatic rings. The molecule has 5 atom stereocenters. The Balaban J connectivity index is 1.24. The number of ketones is 1. The Labute approximate surface area is 184 Å². The van der Waals surface area contributed by atoms with Crippen LogP contribution in [0, 0.1) is 28.6 Å². The lowest BCUT2D eigenvalue weighted by Gasteiger charge is -2.57. The summed E-state index contributed by atoms with van der Waals surface area (Å²) in [6.07, 6.45) is 11.6. The van der Waals surface area contributed by atoms with Crippen LogP contribution in [-0.4, -0.2) is 23.3 Å². The van der Waals surface area contributed by atoms with Gasteiger partial charge in [-0.25, -0.2) is 0 Å². The normalized spacial score (nSPS) is 38.4. The Bertz CT molecular complexity index is 919. The van der Waals surface area contributed by atoms with Crippen LogP contribution in [0.25, 0.3) is 0 Å². The molecule has 3 saturated carbocycles. The van der Waals surface area contributed by atoms with Gasteiger partial charge < -0.3 is 15.1 Å². The van der Waals surface area contributed by atoms with Crippen LogP contribution >= 0.6 is 0 Å². The quantitative estimate of drug-likeness (QED) is 0.551. The Hall–Kier alpha value is -1.95. The summed E-state index contributed by atoms with van der Waals surface area (Å²) in [5.74, 6) is 3.25. The summed E-state index contributed by atoms with van der Waals surface area (Å²) in [6, 6.07) is 1.87. The number of nitrogens with zero attached hydrogens (tertiary/aromatic N) is 2. The highest BCUT2D eigenvalue weighted by atomic mass is 16.6. The van der Waals surface area contributed by atoms with Gasteiger partial charge in [0.05, 0.1) is 18.0 Å². The molecule has 5 rings (SSSR count). The zero-order valence-electron chi connectivity index (χ0n) is 18.9. The van der Waals surface area contributed by atoms with Gasteiger partial charge in [0.1, 0.15) is 12.4 Å². The van der Waals surface area contributed by atoms with Gasteiger partial charge in [-0.15, -0.1) is 0 Å². The van der Waals surface area contributed by atoms with Gasteiger partial charge in [-0.05, 0) is 74.2 Å². The second-order valence-corrected chi connectivity index (χ2v) is 10.6. The van der Waals surface area contributed by atoms with E-state index in [0.717, 1.165) is 49.9 Å². The Morgan fingerprint density at radius 3 is 2.81 bits per heavy atom. The number of carbonyl (C=O) groups is 1. The first kappa shape index (κ1) is 20.9. The van der Waals surface area contributed by atoms with E-state index >= 15 is 0 Å². The number of oxime groups is 1. The topological polar surface area (TPSA) is 90.7 Å². The van der Waals surface area contributed by atoms with Crippen LogP contribution in [0.1, 0.15) is 76.7 Å². The van der Waals surface area contributed by atoms with Crippen molar-refractivity contribution < 1.29 is 14.2 Å². The van der Waals surface area contributed by atoms with E-state index in [1.807, 2.05) is 6.07 Å². The fraction of sp³-hybridized carbons (Fsp3) is 0.720. The first-order chi connectivity index (χ1) is 14.9. The van der Waals surface area contributed by atoms with Crippen molar-refractivity contribution in [3.8, 4) is 0 Å². The van der Waals surface area contributed by atoms with E-state index in [1.165, 1.54) is 12.8 Å². The molecular weight excluding hydrogens is 390 g/mol. The molecule has 0 radical (unpaired) electrons. The van der Waals surface area contributed by atoms with Crippen molar-refractivity contribution in [1.29, 1.82) is 0 Å². The molecular formula is C25H35N3O3. The summed E-state index contributed by atoms with van der Waals surface area (Å²) in [4.78, 5) is 18.2. The van der Waals surface area contributed by atoms with Crippen molar-refractivity contribution in [2.24, 2.45) is 39.5 Å². The molecule has 6 heteroatoms. The van der Waals surface area contributed by atoms with Gasteiger partial charge in [-0.1, -0.05) is 29.7 Å². The molecule has 0 saturated heterocycles. The standard InChI is InChI=1S/C25H35N3O3/c1-24-10-7-17(27-30-12-9-18-14-19(15-26)31-28-18)13-16(24)3-4-20-21-5-6-23(29)25(21,2)11-8-22(20)24/h13-14,20-22H,3-12,15,26H2,1-2H3/t20?,21?,22?,24-,25-/m0/s1. The van der Waals surface area contributed by atoms with Crippen LogP contribution in [-0.2, 0) is 22.6 Å². The molecule has 1 aromatic rings. The number of hydrogen-bond donors (Lipinski definition) is 1. The molecule has 0 bridgehead atoms. The third kappa shape index (κ3) is 3.47. The first-order valence-electron chi connectivity index (χ1n) is 12.0. The molecule has 3 fully saturated rings. The van der Waals surface area contributed by atoms with Gasteiger partial charge in [0.25, 0.3) is 0 Å². The van der Waals surface area contributed by atoms with Crippen LogP contribution in [0.5, 0.6) is 0 Å². The summed E-state index contributed by atoms with van der Waals surface area (Å²) in [5, 5.41) is 8.43. The minimum Gasteiger partial charge on any atom is -0.395 e. The van der Waals surface area contributed by atoms with E-state index in [0.29, 0.717) is 48.9 Å².